The van der Waals surface area contributed by atoms with Crippen LogP contribution in [0.4, 0.5) is 0 Å². The predicted octanol–water partition coefficient (Wildman–Crippen LogP) is 1.61. The van der Waals surface area contributed by atoms with E-state index in [2.05, 4.69) is 13.8 Å². The summed E-state index contributed by atoms with van der Waals surface area (Å²) in [4.78, 5) is 0. The Morgan fingerprint density at radius 1 is 1.00 bits per heavy atom. The molecule has 0 amide bonds. The number of rotatable bonds is 0. The standard InChI is InChI=1S/C19H30O4/c1-18-5-3-11(20)7-10(18)8-14(21)16-12(18)4-6-19(2)13(16)9-15(22)17(19)23/h8,11-17,20-23H,3-7,9H2,1-2H3/t11?,12-,13-,14?,15+,16+,17?,18-,19-/m0/s1. The van der Waals surface area contributed by atoms with Crippen LogP contribution < -0.4 is 0 Å². The van der Waals surface area contributed by atoms with Gasteiger partial charge in [-0.05, 0) is 67.1 Å². The van der Waals surface area contributed by atoms with E-state index in [0.29, 0.717) is 18.8 Å². The van der Waals surface area contributed by atoms with Crippen molar-refractivity contribution in [3.05, 3.63) is 11.6 Å². The lowest BCUT2D eigenvalue weighted by Crippen LogP contribution is -2.55. The molecule has 4 heteroatoms. The fraction of sp³-hybridized carbons (Fsp3) is 0.895. The molecule has 9 atom stereocenters. The van der Waals surface area contributed by atoms with Crippen molar-refractivity contribution < 1.29 is 20.4 Å². The molecule has 3 fully saturated rings. The summed E-state index contributed by atoms with van der Waals surface area (Å²) in [5.41, 5.74) is 1.01. The minimum atomic E-state index is -0.674. The molecule has 130 valence electrons. The predicted molar refractivity (Wildman–Crippen MR) is 86.5 cm³/mol. The Kier molecular flexibility index (Phi) is 3.52. The van der Waals surface area contributed by atoms with Crippen molar-refractivity contribution in [3.63, 3.8) is 0 Å². The van der Waals surface area contributed by atoms with E-state index in [0.717, 1.165) is 25.7 Å². The number of fused-ring (bicyclic) bond motifs is 5. The molecular formula is C19H30O4. The van der Waals surface area contributed by atoms with Crippen LogP contribution in [0.2, 0.25) is 0 Å². The molecule has 3 unspecified atom stereocenters. The van der Waals surface area contributed by atoms with E-state index in [1.807, 2.05) is 6.08 Å². The summed E-state index contributed by atoms with van der Waals surface area (Å²) in [5, 5.41) is 41.6. The summed E-state index contributed by atoms with van der Waals surface area (Å²) in [5.74, 6) is 0.674. The normalized spacial score (nSPS) is 58.9. The van der Waals surface area contributed by atoms with Crippen molar-refractivity contribution in [1.29, 1.82) is 0 Å². The van der Waals surface area contributed by atoms with Crippen LogP contribution in [0.1, 0.15) is 52.4 Å². The highest BCUT2D eigenvalue weighted by molar-refractivity contribution is 5.28. The zero-order valence-electron chi connectivity index (χ0n) is 14.2. The van der Waals surface area contributed by atoms with E-state index < -0.39 is 18.3 Å². The second-order valence-corrected chi connectivity index (χ2v) is 9.08. The van der Waals surface area contributed by atoms with Gasteiger partial charge in [0.1, 0.15) is 0 Å². The average Bonchev–Trinajstić information content (AvgIpc) is 2.73. The molecule has 3 saturated carbocycles. The zero-order chi connectivity index (χ0) is 16.6. The average molecular weight is 322 g/mol. The maximum atomic E-state index is 10.9. The van der Waals surface area contributed by atoms with Crippen LogP contribution >= 0.6 is 0 Å². The molecule has 0 spiro atoms. The van der Waals surface area contributed by atoms with E-state index >= 15 is 0 Å². The zero-order valence-corrected chi connectivity index (χ0v) is 14.2. The van der Waals surface area contributed by atoms with Gasteiger partial charge in [-0.25, -0.2) is 0 Å². The van der Waals surface area contributed by atoms with E-state index in [1.165, 1.54) is 5.57 Å². The van der Waals surface area contributed by atoms with Crippen molar-refractivity contribution in [2.24, 2.45) is 28.6 Å². The van der Waals surface area contributed by atoms with Gasteiger partial charge >= 0.3 is 0 Å². The van der Waals surface area contributed by atoms with Gasteiger partial charge in [0.15, 0.2) is 0 Å². The molecule has 4 aliphatic rings. The van der Waals surface area contributed by atoms with Gasteiger partial charge in [-0.1, -0.05) is 25.5 Å². The minimum Gasteiger partial charge on any atom is -0.393 e. The first-order valence-corrected chi connectivity index (χ1v) is 9.21. The van der Waals surface area contributed by atoms with E-state index in [-0.39, 0.29) is 28.8 Å². The summed E-state index contributed by atoms with van der Waals surface area (Å²) in [6, 6.07) is 0. The molecule has 0 saturated heterocycles. The lowest BCUT2D eigenvalue weighted by atomic mass is 9.47. The Balaban J connectivity index is 1.73. The number of hydrogen-bond acceptors (Lipinski definition) is 4. The highest BCUT2D eigenvalue weighted by Crippen LogP contribution is 2.64. The molecule has 23 heavy (non-hydrogen) atoms. The first-order chi connectivity index (χ1) is 10.8. The van der Waals surface area contributed by atoms with Gasteiger partial charge in [-0.15, -0.1) is 0 Å². The van der Waals surface area contributed by atoms with Crippen molar-refractivity contribution in [3.8, 4) is 0 Å². The van der Waals surface area contributed by atoms with Gasteiger partial charge in [-0.3, -0.25) is 0 Å². The number of aliphatic hydroxyl groups is 4. The van der Waals surface area contributed by atoms with Gasteiger partial charge in [0.05, 0.1) is 24.4 Å². The van der Waals surface area contributed by atoms with Crippen LogP contribution in [0.25, 0.3) is 0 Å². The SMILES string of the molecule is C[C@]12CCC(O)CC1=CC(O)[C@@H]1[C@@H]2CC[C@]2(C)C(O)[C@H](O)C[C@@H]12. The molecule has 4 N–H and O–H groups in total. The molecule has 0 radical (unpaired) electrons. The monoisotopic (exact) mass is 322 g/mol. The molecule has 0 aromatic heterocycles. The Morgan fingerprint density at radius 3 is 2.48 bits per heavy atom. The molecule has 0 aliphatic heterocycles. The highest BCUT2D eigenvalue weighted by atomic mass is 16.3. The fourth-order valence-electron chi connectivity index (χ4n) is 6.62. The Bertz CT molecular complexity index is 531. The molecule has 0 aromatic rings. The number of aliphatic hydroxyl groups excluding tert-OH is 4. The first-order valence-electron chi connectivity index (χ1n) is 9.21. The van der Waals surface area contributed by atoms with Crippen LogP contribution in [-0.2, 0) is 0 Å². The smallest absolute Gasteiger partial charge is 0.0855 e. The summed E-state index contributed by atoms with van der Waals surface area (Å²) in [6.07, 6.45) is 4.85. The Morgan fingerprint density at radius 2 is 1.74 bits per heavy atom. The largest absolute Gasteiger partial charge is 0.393 e. The topological polar surface area (TPSA) is 80.9 Å². The summed E-state index contributed by atoms with van der Waals surface area (Å²) in [7, 11) is 0. The van der Waals surface area contributed by atoms with Crippen LogP contribution in [0.3, 0.4) is 0 Å². The maximum Gasteiger partial charge on any atom is 0.0855 e. The van der Waals surface area contributed by atoms with Crippen LogP contribution in [-0.4, -0.2) is 44.8 Å². The third-order valence-electron chi connectivity index (χ3n) is 8.08. The van der Waals surface area contributed by atoms with Gasteiger partial charge in [0, 0.05) is 0 Å². The van der Waals surface area contributed by atoms with Gasteiger partial charge < -0.3 is 20.4 Å². The van der Waals surface area contributed by atoms with E-state index in [9.17, 15) is 20.4 Å². The third-order valence-corrected chi connectivity index (χ3v) is 8.08. The molecular weight excluding hydrogens is 292 g/mol. The number of hydrogen-bond donors (Lipinski definition) is 4. The van der Waals surface area contributed by atoms with Gasteiger partial charge in [0.25, 0.3) is 0 Å². The van der Waals surface area contributed by atoms with Gasteiger partial charge in [0.2, 0.25) is 0 Å². The van der Waals surface area contributed by atoms with Crippen LogP contribution in [0, 0.1) is 28.6 Å². The van der Waals surface area contributed by atoms with Crippen molar-refractivity contribution >= 4 is 0 Å². The summed E-state index contributed by atoms with van der Waals surface area (Å²) < 4.78 is 0. The molecule has 4 rings (SSSR count). The van der Waals surface area contributed by atoms with Crippen LogP contribution in [0.15, 0.2) is 11.6 Å². The van der Waals surface area contributed by atoms with Crippen molar-refractivity contribution in [2.75, 3.05) is 0 Å². The highest BCUT2D eigenvalue weighted by Gasteiger charge is 2.62. The van der Waals surface area contributed by atoms with Gasteiger partial charge in [-0.2, -0.15) is 0 Å². The lowest BCUT2D eigenvalue weighted by molar-refractivity contribution is -0.110. The molecule has 4 aliphatic carbocycles. The van der Waals surface area contributed by atoms with E-state index in [4.69, 9.17) is 0 Å². The first kappa shape index (κ1) is 16.1. The minimum absolute atomic E-state index is 0.0585. The maximum absolute atomic E-state index is 10.9. The second-order valence-electron chi connectivity index (χ2n) is 9.08. The fourth-order valence-corrected chi connectivity index (χ4v) is 6.62. The quantitative estimate of drug-likeness (QED) is 0.511. The summed E-state index contributed by atoms with van der Waals surface area (Å²) >= 11 is 0. The van der Waals surface area contributed by atoms with Crippen molar-refractivity contribution in [2.45, 2.75) is 76.8 Å². The molecule has 0 heterocycles. The summed E-state index contributed by atoms with van der Waals surface area (Å²) in [6.45, 7) is 4.40. The van der Waals surface area contributed by atoms with E-state index in [1.54, 1.807) is 0 Å². The Labute approximate surface area is 138 Å². The molecule has 0 bridgehead atoms. The lowest BCUT2D eigenvalue weighted by Gasteiger charge is -2.58. The Hall–Kier alpha value is -0.420. The third kappa shape index (κ3) is 2.05. The second kappa shape index (κ2) is 5.04. The molecule has 4 nitrogen and oxygen atoms in total. The van der Waals surface area contributed by atoms with Crippen molar-refractivity contribution in [1.82, 2.24) is 0 Å². The van der Waals surface area contributed by atoms with Crippen LogP contribution in [0.5, 0.6) is 0 Å². The molecule has 0 aromatic carbocycles.